The van der Waals surface area contributed by atoms with Crippen molar-refractivity contribution in [2.45, 2.75) is 56.3 Å². The number of carboxylic acids is 1. The Balaban J connectivity index is 2.40. The van der Waals surface area contributed by atoms with Gasteiger partial charge in [0.05, 0.1) is 12.0 Å². The molecule has 1 fully saturated rings. The van der Waals surface area contributed by atoms with Gasteiger partial charge in [-0.15, -0.1) is 11.6 Å². The van der Waals surface area contributed by atoms with Gasteiger partial charge in [0.15, 0.2) is 5.54 Å². The van der Waals surface area contributed by atoms with Gasteiger partial charge in [-0.3, -0.25) is 4.79 Å². The van der Waals surface area contributed by atoms with E-state index in [1.165, 1.54) is 6.92 Å². The molecule has 2 rings (SSSR count). The van der Waals surface area contributed by atoms with Gasteiger partial charge in [0.2, 0.25) is 5.91 Å². The molecule has 6 nitrogen and oxygen atoms in total. The Morgan fingerprint density at radius 3 is 2.78 bits per heavy atom. The molecule has 0 aromatic heterocycles. The molecule has 1 amide bonds. The van der Waals surface area contributed by atoms with Crippen LogP contribution < -0.4 is 5.32 Å². The first-order chi connectivity index (χ1) is 10.8. The van der Waals surface area contributed by atoms with E-state index in [1.54, 1.807) is 6.08 Å². The van der Waals surface area contributed by atoms with E-state index in [4.69, 9.17) is 11.6 Å². The molecule has 0 unspecified atom stereocenters. The lowest BCUT2D eigenvalue weighted by Gasteiger charge is -2.43. The zero-order valence-corrected chi connectivity index (χ0v) is 13.9. The number of halogens is 1. The van der Waals surface area contributed by atoms with Crippen LogP contribution in [0, 0.1) is 11.8 Å². The summed E-state index contributed by atoms with van der Waals surface area (Å²) in [5.41, 5.74) is -4.03. The van der Waals surface area contributed by atoms with Crippen molar-refractivity contribution in [3.63, 3.8) is 0 Å². The second-order valence-electron chi connectivity index (χ2n) is 6.60. The van der Waals surface area contributed by atoms with Gasteiger partial charge in [0, 0.05) is 11.8 Å². The first-order valence-corrected chi connectivity index (χ1v) is 8.51. The van der Waals surface area contributed by atoms with Crippen molar-refractivity contribution in [2.24, 2.45) is 11.8 Å². The van der Waals surface area contributed by atoms with E-state index in [-0.39, 0.29) is 6.42 Å². The molecule has 1 aliphatic carbocycles. The molecule has 0 aromatic carbocycles. The van der Waals surface area contributed by atoms with Crippen LogP contribution in [0.1, 0.15) is 39.0 Å². The minimum absolute atomic E-state index is 0.268. The zero-order valence-electron chi connectivity index (χ0n) is 13.2. The number of nitrogens with one attached hydrogen (secondary N) is 1. The number of alkyl halides is 1. The molecule has 0 saturated carbocycles. The van der Waals surface area contributed by atoms with Gasteiger partial charge in [-0.05, 0) is 39.0 Å². The van der Waals surface area contributed by atoms with Crippen molar-refractivity contribution in [3.05, 3.63) is 12.2 Å². The maximum Gasteiger partial charge on any atom is 0.335 e. The van der Waals surface area contributed by atoms with Crippen molar-refractivity contribution in [2.75, 3.05) is 5.88 Å². The molecule has 4 N–H and O–H groups in total. The lowest BCUT2D eigenvalue weighted by molar-refractivity contribution is -0.170. The van der Waals surface area contributed by atoms with Gasteiger partial charge in [-0.1, -0.05) is 12.2 Å². The van der Waals surface area contributed by atoms with E-state index in [0.29, 0.717) is 18.7 Å². The first-order valence-electron chi connectivity index (χ1n) is 7.97. The summed E-state index contributed by atoms with van der Waals surface area (Å²) in [5, 5.41) is 33.9. The second kappa shape index (κ2) is 6.79. The van der Waals surface area contributed by atoms with Crippen LogP contribution in [0.2, 0.25) is 0 Å². The monoisotopic (exact) mass is 345 g/mol. The van der Waals surface area contributed by atoms with Gasteiger partial charge in [0.1, 0.15) is 5.60 Å². The van der Waals surface area contributed by atoms with Crippen LogP contribution in [0.3, 0.4) is 0 Å². The van der Waals surface area contributed by atoms with Crippen LogP contribution in [0.15, 0.2) is 12.2 Å². The SMILES string of the molecule is C[C@]1(O)[C@@H](CCCCl)C(=O)N[C@]1(C(=O)O)[C@@H](O)[C@@H]1C=CCCC1. The summed E-state index contributed by atoms with van der Waals surface area (Å²) in [6.45, 7) is 1.31. The van der Waals surface area contributed by atoms with E-state index in [2.05, 4.69) is 5.32 Å². The van der Waals surface area contributed by atoms with E-state index in [0.717, 1.165) is 12.8 Å². The summed E-state index contributed by atoms with van der Waals surface area (Å²) in [4.78, 5) is 24.3. The average molecular weight is 346 g/mol. The number of carboxylic acid groups (broad SMARTS) is 1. The number of rotatable bonds is 6. The molecule has 0 spiro atoms. The molecular weight excluding hydrogens is 322 g/mol. The van der Waals surface area contributed by atoms with Crippen LogP contribution in [-0.4, -0.2) is 50.3 Å². The Hall–Kier alpha value is -1.11. The number of aliphatic hydroxyl groups excluding tert-OH is 1. The molecule has 2 aliphatic rings. The zero-order chi connectivity index (χ0) is 17.3. The lowest BCUT2D eigenvalue weighted by atomic mass is 9.68. The third-order valence-electron chi connectivity index (χ3n) is 5.22. The molecule has 130 valence electrons. The molecule has 0 radical (unpaired) electrons. The largest absolute Gasteiger partial charge is 0.479 e. The van der Waals surface area contributed by atoms with Crippen LogP contribution in [0.4, 0.5) is 0 Å². The van der Waals surface area contributed by atoms with Crippen molar-refractivity contribution in [1.29, 1.82) is 0 Å². The highest BCUT2D eigenvalue weighted by molar-refractivity contribution is 6.17. The van der Waals surface area contributed by atoms with Gasteiger partial charge in [-0.25, -0.2) is 4.79 Å². The minimum atomic E-state index is -2.12. The number of amides is 1. The summed E-state index contributed by atoms with van der Waals surface area (Å²) in [6, 6.07) is 0. The molecule has 1 heterocycles. The van der Waals surface area contributed by atoms with Crippen molar-refractivity contribution >= 4 is 23.5 Å². The number of aliphatic hydroxyl groups is 2. The fourth-order valence-corrected chi connectivity index (χ4v) is 3.98. The first kappa shape index (κ1) is 18.2. The van der Waals surface area contributed by atoms with Crippen molar-refractivity contribution in [1.82, 2.24) is 5.32 Å². The molecule has 1 saturated heterocycles. The number of carbonyl (C=O) groups excluding carboxylic acids is 1. The highest BCUT2D eigenvalue weighted by Crippen LogP contribution is 2.44. The fraction of sp³-hybridized carbons (Fsp3) is 0.750. The fourth-order valence-electron chi connectivity index (χ4n) is 3.82. The molecule has 0 aromatic rings. The smallest absolute Gasteiger partial charge is 0.335 e. The molecule has 23 heavy (non-hydrogen) atoms. The Morgan fingerprint density at radius 2 is 2.26 bits per heavy atom. The van der Waals surface area contributed by atoms with Gasteiger partial charge >= 0.3 is 5.97 Å². The molecule has 7 heteroatoms. The quantitative estimate of drug-likeness (QED) is 0.425. The number of carbonyl (C=O) groups is 2. The van der Waals surface area contributed by atoms with Crippen molar-refractivity contribution in [3.8, 4) is 0 Å². The highest BCUT2D eigenvalue weighted by Gasteiger charge is 2.69. The Morgan fingerprint density at radius 1 is 1.57 bits per heavy atom. The summed E-state index contributed by atoms with van der Waals surface area (Å²) in [7, 11) is 0. The van der Waals surface area contributed by atoms with E-state index in [9.17, 15) is 24.9 Å². The van der Waals surface area contributed by atoms with Gasteiger partial charge < -0.3 is 20.6 Å². The molecular formula is C16H24ClNO5. The summed E-state index contributed by atoms with van der Waals surface area (Å²) < 4.78 is 0. The maximum absolute atomic E-state index is 12.3. The summed E-state index contributed by atoms with van der Waals surface area (Å²) in [5.74, 6) is -3.00. The second-order valence-corrected chi connectivity index (χ2v) is 6.98. The summed E-state index contributed by atoms with van der Waals surface area (Å²) in [6.07, 6.45) is 5.33. The number of hydrogen-bond donors (Lipinski definition) is 4. The van der Waals surface area contributed by atoms with Crippen LogP contribution in [0.5, 0.6) is 0 Å². The maximum atomic E-state index is 12.3. The van der Waals surface area contributed by atoms with Gasteiger partial charge in [0.25, 0.3) is 0 Å². The van der Waals surface area contributed by atoms with E-state index in [1.807, 2.05) is 6.08 Å². The van der Waals surface area contributed by atoms with Crippen LogP contribution >= 0.6 is 11.6 Å². The van der Waals surface area contributed by atoms with Crippen LogP contribution in [-0.2, 0) is 9.59 Å². The molecule has 0 bridgehead atoms. The Labute approximate surface area is 140 Å². The standard InChI is InChI=1S/C16H24ClNO5/c1-15(23)11(8-5-9-17)13(20)18-16(15,14(21)22)12(19)10-6-3-2-4-7-10/h3,6,10-12,19,23H,2,4-5,7-9H2,1H3,(H,18,20)(H,21,22)/t10-,11+,12+,15+,16+/m1/s1. The van der Waals surface area contributed by atoms with E-state index >= 15 is 0 Å². The average Bonchev–Trinajstić information content (AvgIpc) is 2.72. The predicted octanol–water partition coefficient (Wildman–Crippen LogP) is 1.04. The number of aliphatic carboxylic acids is 1. The van der Waals surface area contributed by atoms with Crippen LogP contribution in [0.25, 0.3) is 0 Å². The Bertz CT molecular complexity index is 507. The highest BCUT2D eigenvalue weighted by atomic mass is 35.5. The van der Waals surface area contributed by atoms with Crippen molar-refractivity contribution < 1.29 is 24.9 Å². The Kier molecular flexibility index (Phi) is 5.38. The van der Waals surface area contributed by atoms with Gasteiger partial charge in [-0.2, -0.15) is 0 Å². The summed E-state index contributed by atoms with van der Waals surface area (Å²) >= 11 is 5.65. The van der Waals surface area contributed by atoms with E-state index < -0.39 is 41.0 Å². The topological polar surface area (TPSA) is 107 Å². The normalized spacial score (nSPS) is 38.3. The lowest BCUT2D eigenvalue weighted by Crippen LogP contribution is -2.70. The molecule has 1 aliphatic heterocycles. The third kappa shape index (κ3) is 2.88. The number of allylic oxidation sites excluding steroid dienone is 1. The molecule has 5 atom stereocenters. The minimum Gasteiger partial charge on any atom is -0.479 e. The predicted molar refractivity (Wildman–Crippen MR) is 85.1 cm³/mol. The number of hydrogen-bond acceptors (Lipinski definition) is 4. The third-order valence-corrected chi connectivity index (χ3v) is 5.49.